The van der Waals surface area contributed by atoms with E-state index in [-0.39, 0.29) is 5.97 Å². The van der Waals surface area contributed by atoms with Crippen molar-refractivity contribution >= 4 is 28.6 Å². The molecule has 0 aromatic heterocycles. The smallest absolute Gasteiger partial charge is 0.311 e. The van der Waals surface area contributed by atoms with Gasteiger partial charge in [0, 0.05) is 3.57 Å². The maximum absolute atomic E-state index is 11.5. The molecule has 0 heterocycles. The average Bonchev–Trinajstić information content (AvgIpc) is 2.15. The van der Waals surface area contributed by atoms with E-state index in [4.69, 9.17) is 4.74 Å². The normalized spacial score (nSPS) is 11.2. The van der Waals surface area contributed by atoms with Crippen molar-refractivity contribution in [3.8, 4) is 0 Å². The first kappa shape index (κ1) is 12.5. The van der Waals surface area contributed by atoms with E-state index in [0.717, 1.165) is 5.56 Å². The molecule has 0 saturated heterocycles. The predicted octanol–water partition coefficient (Wildman–Crippen LogP) is 3.03. The maximum atomic E-state index is 11.5. The van der Waals surface area contributed by atoms with Crippen LogP contribution in [0.4, 0.5) is 0 Å². The van der Waals surface area contributed by atoms with E-state index in [2.05, 4.69) is 28.7 Å². The van der Waals surface area contributed by atoms with Gasteiger partial charge in [-0.1, -0.05) is 12.1 Å². The second-order valence-corrected chi connectivity index (χ2v) is 5.43. The predicted molar refractivity (Wildman–Crippen MR) is 68.7 cm³/mol. The van der Waals surface area contributed by atoms with Crippen molar-refractivity contribution < 1.29 is 9.53 Å². The summed E-state index contributed by atoms with van der Waals surface area (Å²) in [6, 6.07) is 8.16. The van der Waals surface area contributed by atoms with E-state index in [1.807, 2.05) is 32.0 Å². The van der Waals surface area contributed by atoms with Gasteiger partial charge in [0.15, 0.2) is 0 Å². The second-order valence-electron chi connectivity index (χ2n) is 4.18. The van der Waals surface area contributed by atoms with E-state index in [0.29, 0.717) is 6.42 Å². The quantitative estimate of drug-likeness (QED) is 0.632. The summed E-state index contributed by atoms with van der Waals surface area (Å²) in [4.78, 5) is 11.5. The highest BCUT2D eigenvalue weighted by Gasteiger charge is 2.28. The molecular weight excluding hydrogens is 303 g/mol. The SMILES string of the molecule is COC(=O)C(C)(C)Cc1cccc(I)c1. The highest BCUT2D eigenvalue weighted by atomic mass is 127. The van der Waals surface area contributed by atoms with Gasteiger partial charge in [-0.3, -0.25) is 4.79 Å². The van der Waals surface area contributed by atoms with E-state index >= 15 is 0 Å². The van der Waals surface area contributed by atoms with Gasteiger partial charge >= 0.3 is 5.97 Å². The van der Waals surface area contributed by atoms with Gasteiger partial charge in [-0.05, 0) is 60.6 Å². The zero-order chi connectivity index (χ0) is 11.5. The van der Waals surface area contributed by atoms with Gasteiger partial charge < -0.3 is 4.74 Å². The van der Waals surface area contributed by atoms with Crippen LogP contribution in [-0.4, -0.2) is 13.1 Å². The van der Waals surface area contributed by atoms with Crippen LogP contribution in [0.2, 0.25) is 0 Å². The van der Waals surface area contributed by atoms with Crippen molar-refractivity contribution in [3.05, 3.63) is 33.4 Å². The van der Waals surface area contributed by atoms with Gasteiger partial charge in [0.1, 0.15) is 0 Å². The van der Waals surface area contributed by atoms with Crippen molar-refractivity contribution in [2.45, 2.75) is 20.3 Å². The van der Waals surface area contributed by atoms with E-state index in [1.165, 1.54) is 10.7 Å². The highest BCUT2D eigenvalue weighted by molar-refractivity contribution is 14.1. The molecule has 0 unspecified atom stereocenters. The van der Waals surface area contributed by atoms with Crippen LogP contribution in [0.3, 0.4) is 0 Å². The number of rotatable bonds is 3. The van der Waals surface area contributed by atoms with Gasteiger partial charge in [0.25, 0.3) is 0 Å². The van der Waals surface area contributed by atoms with Crippen LogP contribution < -0.4 is 0 Å². The van der Waals surface area contributed by atoms with Crippen molar-refractivity contribution in [1.82, 2.24) is 0 Å². The summed E-state index contributed by atoms with van der Waals surface area (Å²) in [5, 5.41) is 0. The summed E-state index contributed by atoms with van der Waals surface area (Å²) in [7, 11) is 1.43. The number of hydrogen-bond acceptors (Lipinski definition) is 2. The minimum absolute atomic E-state index is 0.165. The van der Waals surface area contributed by atoms with Gasteiger partial charge in [-0.2, -0.15) is 0 Å². The fourth-order valence-corrected chi connectivity index (χ4v) is 2.11. The molecule has 1 aromatic rings. The zero-order valence-electron chi connectivity index (χ0n) is 9.21. The number of carbonyl (C=O) groups excluding carboxylic acids is 1. The molecule has 15 heavy (non-hydrogen) atoms. The number of methoxy groups -OCH3 is 1. The Morgan fingerprint density at radius 2 is 2.13 bits per heavy atom. The Bertz CT molecular complexity index is 358. The zero-order valence-corrected chi connectivity index (χ0v) is 11.4. The first-order valence-corrected chi connectivity index (χ1v) is 5.86. The molecule has 0 radical (unpaired) electrons. The standard InChI is InChI=1S/C12H15IO2/c1-12(2,11(14)15-3)8-9-5-4-6-10(13)7-9/h4-7H,8H2,1-3H3. The Balaban J connectivity index is 2.81. The molecule has 1 rings (SSSR count). The van der Waals surface area contributed by atoms with Gasteiger partial charge in [-0.15, -0.1) is 0 Å². The lowest BCUT2D eigenvalue weighted by atomic mass is 9.86. The van der Waals surface area contributed by atoms with E-state index < -0.39 is 5.41 Å². The highest BCUT2D eigenvalue weighted by Crippen LogP contribution is 2.24. The average molecular weight is 318 g/mol. The molecule has 82 valence electrons. The number of esters is 1. The summed E-state index contributed by atoms with van der Waals surface area (Å²) < 4.78 is 5.96. The number of hydrogen-bond donors (Lipinski definition) is 0. The summed E-state index contributed by atoms with van der Waals surface area (Å²) in [5.74, 6) is -0.165. The minimum atomic E-state index is -0.459. The lowest BCUT2D eigenvalue weighted by Gasteiger charge is -2.21. The Hall–Kier alpha value is -0.580. The Morgan fingerprint density at radius 3 is 2.67 bits per heavy atom. The van der Waals surface area contributed by atoms with Crippen LogP contribution in [0, 0.1) is 8.99 Å². The monoisotopic (exact) mass is 318 g/mol. The van der Waals surface area contributed by atoms with Gasteiger partial charge in [-0.25, -0.2) is 0 Å². The molecule has 2 nitrogen and oxygen atoms in total. The second kappa shape index (κ2) is 4.96. The first-order valence-electron chi connectivity index (χ1n) is 4.78. The summed E-state index contributed by atoms with van der Waals surface area (Å²) in [6.07, 6.45) is 0.705. The molecule has 0 spiro atoms. The summed E-state index contributed by atoms with van der Waals surface area (Å²) >= 11 is 2.27. The molecule has 0 bridgehead atoms. The van der Waals surface area contributed by atoms with Gasteiger partial charge in [0.05, 0.1) is 12.5 Å². The molecule has 0 saturated carbocycles. The minimum Gasteiger partial charge on any atom is -0.469 e. The lowest BCUT2D eigenvalue weighted by molar-refractivity contribution is -0.150. The summed E-state index contributed by atoms with van der Waals surface area (Å²) in [5.41, 5.74) is 0.705. The van der Waals surface area contributed by atoms with Crippen LogP contribution in [0.15, 0.2) is 24.3 Å². The molecule has 0 atom stereocenters. The van der Waals surface area contributed by atoms with Crippen LogP contribution in [0.25, 0.3) is 0 Å². The van der Waals surface area contributed by atoms with E-state index in [9.17, 15) is 4.79 Å². The molecule has 1 aromatic carbocycles. The number of ether oxygens (including phenoxy) is 1. The largest absolute Gasteiger partial charge is 0.469 e. The third-order valence-corrected chi connectivity index (χ3v) is 2.94. The van der Waals surface area contributed by atoms with E-state index in [1.54, 1.807) is 0 Å². The molecule has 0 aliphatic carbocycles. The van der Waals surface area contributed by atoms with Crippen LogP contribution in [0.1, 0.15) is 19.4 Å². The molecule has 0 aliphatic rings. The van der Waals surface area contributed by atoms with Crippen LogP contribution in [-0.2, 0) is 16.0 Å². The number of carbonyl (C=O) groups is 1. The summed E-state index contributed by atoms with van der Waals surface area (Å²) in [6.45, 7) is 3.80. The topological polar surface area (TPSA) is 26.3 Å². The van der Waals surface area contributed by atoms with Crippen molar-refractivity contribution in [3.63, 3.8) is 0 Å². The van der Waals surface area contributed by atoms with Gasteiger partial charge in [0.2, 0.25) is 0 Å². The number of benzene rings is 1. The van der Waals surface area contributed by atoms with Crippen molar-refractivity contribution in [2.24, 2.45) is 5.41 Å². The fourth-order valence-electron chi connectivity index (χ4n) is 1.51. The van der Waals surface area contributed by atoms with Crippen LogP contribution in [0.5, 0.6) is 0 Å². The van der Waals surface area contributed by atoms with Crippen molar-refractivity contribution in [1.29, 1.82) is 0 Å². The lowest BCUT2D eigenvalue weighted by Crippen LogP contribution is -2.27. The molecule has 0 amide bonds. The molecule has 0 fully saturated rings. The molecule has 0 N–H and O–H groups in total. The molecular formula is C12H15IO2. The Kier molecular flexibility index (Phi) is 4.13. The first-order chi connectivity index (χ1) is 6.95. The van der Waals surface area contributed by atoms with Crippen LogP contribution >= 0.6 is 22.6 Å². The van der Waals surface area contributed by atoms with Crippen molar-refractivity contribution in [2.75, 3.05) is 7.11 Å². The fraction of sp³-hybridized carbons (Fsp3) is 0.417. The molecule has 0 aliphatic heterocycles. The Labute approximate surface area is 104 Å². The number of halogens is 1. The maximum Gasteiger partial charge on any atom is 0.311 e. The molecule has 3 heteroatoms. The third-order valence-electron chi connectivity index (χ3n) is 2.27. The third kappa shape index (κ3) is 3.48. The Morgan fingerprint density at radius 1 is 1.47 bits per heavy atom.